The first kappa shape index (κ1) is 10.1. The topological polar surface area (TPSA) is 43.1 Å². The molecule has 0 unspecified atom stereocenters. The normalized spacial score (nSPS) is 23.5. The third kappa shape index (κ3) is 1.95. The van der Waals surface area contributed by atoms with Gasteiger partial charge in [0.25, 0.3) is 0 Å². The van der Waals surface area contributed by atoms with Crippen molar-refractivity contribution in [3.63, 3.8) is 0 Å². The van der Waals surface area contributed by atoms with Crippen molar-refractivity contribution in [1.29, 1.82) is 0 Å². The van der Waals surface area contributed by atoms with Crippen molar-refractivity contribution in [3.05, 3.63) is 6.33 Å². The highest BCUT2D eigenvalue weighted by atomic mass is 35.5. The largest absolute Gasteiger partial charge is 0.235 e. The van der Waals surface area contributed by atoms with Crippen LogP contribution in [0.25, 0.3) is 4.96 Å². The van der Waals surface area contributed by atoms with Crippen molar-refractivity contribution in [3.8, 4) is 0 Å². The number of thioether (sulfide) groups is 1. The average molecular weight is 281 g/mol. The summed E-state index contributed by atoms with van der Waals surface area (Å²) in [6, 6.07) is 0. The van der Waals surface area contributed by atoms with Crippen molar-refractivity contribution in [2.75, 3.05) is 5.75 Å². The zero-order valence-corrected chi connectivity index (χ0v) is 10.6. The van der Waals surface area contributed by atoms with E-state index in [1.54, 1.807) is 22.6 Å². The smallest absolute Gasteiger partial charge is 0.190 e. The maximum absolute atomic E-state index is 5.94. The Morgan fingerprint density at radius 3 is 3.13 bits per heavy atom. The Morgan fingerprint density at radius 2 is 2.47 bits per heavy atom. The van der Waals surface area contributed by atoms with E-state index in [9.17, 15) is 0 Å². The monoisotopic (exact) mass is 280 g/mol. The highest BCUT2D eigenvalue weighted by Gasteiger charge is 2.51. The first-order chi connectivity index (χ1) is 7.15. The lowest BCUT2D eigenvalue weighted by Crippen LogP contribution is -1.92. The molecule has 0 radical (unpaired) electrons. The van der Waals surface area contributed by atoms with Crippen LogP contribution < -0.4 is 0 Å². The predicted octanol–water partition coefficient (Wildman–Crippen LogP) is 2.47. The van der Waals surface area contributed by atoms with E-state index in [0.717, 1.165) is 21.5 Å². The lowest BCUT2D eigenvalue weighted by atomic mass is 10.5. The molecule has 2 aromatic heterocycles. The fourth-order valence-corrected chi connectivity index (χ4v) is 4.04. The number of hydrogen-bond acceptors (Lipinski definition) is 5. The van der Waals surface area contributed by atoms with E-state index < -0.39 is 4.33 Å². The minimum atomic E-state index is -0.494. The summed E-state index contributed by atoms with van der Waals surface area (Å²) in [5.74, 6) is 1.30. The highest BCUT2D eigenvalue weighted by Crippen LogP contribution is 2.54. The minimum absolute atomic E-state index is 0.389. The maximum Gasteiger partial charge on any atom is 0.235 e. The Bertz CT molecular complexity index is 465. The molecular formula is C7H6Cl2N4S2. The molecule has 1 saturated carbocycles. The molecule has 0 saturated heterocycles. The third-order valence-corrected chi connectivity index (χ3v) is 5.37. The van der Waals surface area contributed by atoms with Crippen LogP contribution in [-0.2, 0) is 0 Å². The SMILES string of the molecule is ClC1(Cl)C[C@@H]1CSc1nn2cnnc2s1. The standard InChI is InChI=1S/C7H6Cl2N4S2/c8-7(9)1-4(7)2-14-6-12-13-3-10-11-5(13)15-6/h3-4H,1-2H2/t4-/m1/s1. The van der Waals surface area contributed by atoms with Gasteiger partial charge in [-0.15, -0.1) is 38.5 Å². The maximum atomic E-state index is 5.94. The van der Waals surface area contributed by atoms with Crippen LogP contribution in [-0.4, -0.2) is 29.9 Å². The number of hydrogen-bond donors (Lipinski definition) is 0. The van der Waals surface area contributed by atoms with Crippen LogP contribution in [0.1, 0.15) is 6.42 Å². The Labute approximate surface area is 104 Å². The molecule has 1 fully saturated rings. The Kier molecular flexibility index (Phi) is 2.35. The van der Waals surface area contributed by atoms with Crippen LogP contribution in [0, 0.1) is 5.92 Å². The second-order valence-electron chi connectivity index (χ2n) is 3.40. The predicted molar refractivity (Wildman–Crippen MR) is 61.9 cm³/mol. The van der Waals surface area contributed by atoms with Gasteiger partial charge in [-0.05, 0) is 6.42 Å². The van der Waals surface area contributed by atoms with Gasteiger partial charge in [0.2, 0.25) is 4.96 Å². The number of alkyl halides is 2. The summed E-state index contributed by atoms with van der Waals surface area (Å²) in [6.07, 6.45) is 2.48. The van der Waals surface area contributed by atoms with Crippen molar-refractivity contribution >= 4 is 51.3 Å². The van der Waals surface area contributed by atoms with Gasteiger partial charge in [-0.3, -0.25) is 0 Å². The number of nitrogens with zero attached hydrogens (tertiary/aromatic N) is 4. The summed E-state index contributed by atoms with van der Waals surface area (Å²) >= 11 is 15.1. The summed E-state index contributed by atoms with van der Waals surface area (Å²) in [6.45, 7) is 0. The van der Waals surface area contributed by atoms with Gasteiger partial charge in [0, 0.05) is 11.7 Å². The van der Waals surface area contributed by atoms with Crippen molar-refractivity contribution < 1.29 is 0 Å². The van der Waals surface area contributed by atoms with E-state index in [1.807, 2.05) is 0 Å². The molecule has 0 N–H and O–H groups in total. The summed E-state index contributed by atoms with van der Waals surface area (Å²) in [7, 11) is 0. The average Bonchev–Trinajstić information content (AvgIpc) is 2.54. The molecule has 2 aromatic rings. The number of fused-ring (bicyclic) bond motifs is 1. The van der Waals surface area contributed by atoms with Gasteiger partial charge in [0.05, 0.1) is 0 Å². The van der Waals surface area contributed by atoms with Gasteiger partial charge in [-0.2, -0.15) is 4.52 Å². The fourth-order valence-electron chi connectivity index (χ4n) is 1.22. The molecular weight excluding hydrogens is 275 g/mol. The highest BCUT2D eigenvalue weighted by molar-refractivity contribution is 8.01. The summed E-state index contributed by atoms with van der Waals surface area (Å²) < 4.78 is 2.16. The molecule has 0 aromatic carbocycles. The van der Waals surface area contributed by atoms with Gasteiger partial charge in [-0.1, -0.05) is 23.1 Å². The zero-order valence-electron chi connectivity index (χ0n) is 7.43. The second-order valence-corrected chi connectivity index (χ2v) is 7.16. The van der Waals surface area contributed by atoms with E-state index in [-0.39, 0.29) is 0 Å². The lowest BCUT2D eigenvalue weighted by molar-refractivity contribution is 0.898. The van der Waals surface area contributed by atoms with Crippen molar-refractivity contribution in [2.24, 2.45) is 5.92 Å². The first-order valence-electron chi connectivity index (χ1n) is 4.32. The molecule has 0 amide bonds. The minimum Gasteiger partial charge on any atom is -0.190 e. The van der Waals surface area contributed by atoms with Gasteiger partial charge in [0.1, 0.15) is 10.7 Å². The first-order valence-corrected chi connectivity index (χ1v) is 6.88. The molecule has 3 rings (SSSR count). The third-order valence-electron chi connectivity index (χ3n) is 2.23. The molecule has 1 aliphatic rings. The fraction of sp³-hybridized carbons (Fsp3) is 0.571. The molecule has 80 valence electrons. The Morgan fingerprint density at radius 1 is 1.67 bits per heavy atom. The zero-order chi connectivity index (χ0) is 10.5. The Balaban J connectivity index is 1.66. The van der Waals surface area contributed by atoms with Crippen LogP contribution in [0.2, 0.25) is 0 Å². The van der Waals surface area contributed by atoms with Gasteiger partial charge in [0.15, 0.2) is 4.34 Å². The summed E-state index contributed by atoms with van der Waals surface area (Å²) in [5, 5.41) is 12.0. The molecule has 1 aliphatic carbocycles. The van der Waals surface area contributed by atoms with E-state index >= 15 is 0 Å². The quantitative estimate of drug-likeness (QED) is 0.640. The summed E-state index contributed by atoms with van der Waals surface area (Å²) in [5.41, 5.74) is 0. The van der Waals surface area contributed by atoms with Crippen LogP contribution in [0.3, 0.4) is 0 Å². The van der Waals surface area contributed by atoms with Gasteiger partial charge in [-0.25, -0.2) is 0 Å². The lowest BCUT2D eigenvalue weighted by Gasteiger charge is -1.96. The van der Waals surface area contributed by atoms with Crippen LogP contribution in [0.4, 0.5) is 0 Å². The molecule has 4 nitrogen and oxygen atoms in total. The van der Waals surface area contributed by atoms with E-state index in [1.165, 1.54) is 11.3 Å². The molecule has 0 bridgehead atoms. The number of aromatic nitrogens is 4. The molecule has 0 aliphatic heterocycles. The van der Waals surface area contributed by atoms with Gasteiger partial charge >= 0.3 is 0 Å². The number of rotatable bonds is 3. The van der Waals surface area contributed by atoms with Crippen LogP contribution >= 0.6 is 46.3 Å². The van der Waals surface area contributed by atoms with E-state index in [0.29, 0.717) is 5.92 Å². The molecule has 15 heavy (non-hydrogen) atoms. The van der Waals surface area contributed by atoms with E-state index in [2.05, 4.69) is 15.3 Å². The van der Waals surface area contributed by atoms with E-state index in [4.69, 9.17) is 23.2 Å². The molecule has 0 spiro atoms. The van der Waals surface area contributed by atoms with Crippen LogP contribution in [0.5, 0.6) is 0 Å². The molecule has 8 heteroatoms. The molecule has 1 atom stereocenters. The Hall–Kier alpha value is -0.0400. The molecule has 2 heterocycles. The van der Waals surface area contributed by atoms with Crippen molar-refractivity contribution in [2.45, 2.75) is 15.1 Å². The van der Waals surface area contributed by atoms with Gasteiger partial charge < -0.3 is 0 Å². The van der Waals surface area contributed by atoms with Crippen LogP contribution in [0.15, 0.2) is 10.7 Å². The summed E-state index contributed by atoms with van der Waals surface area (Å²) in [4.78, 5) is 0.816. The second kappa shape index (κ2) is 3.48. The number of halogens is 2. The van der Waals surface area contributed by atoms with Crippen molar-refractivity contribution in [1.82, 2.24) is 19.8 Å².